The Morgan fingerprint density at radius 3 is 2.04 bits per heavy atom. The lowest BCUT2D eigenvalue weighted by Crippen LogP contribution is -2.33. The normalized spacial score (nSPS) is 10.6. The van der Waals surface area contributed by atoms with Gasteiger partial charge in [0.15, 0.2) is 0 Å². The first-order valence-electron chi connectivity index (χ1n) is 10.0. The van der Waals surface area contributed by atoms with Gasteiger partial charge in [0.2, 0.25) is 5.91 Å². The van der Waals surface area contributed by atoms with Crippen LogP contribution >= 0.6 is 0 Å². The van der Waals surface area contributed by atoms with E-state index in [1.807, 2.05) is 38.1 Å². The number of hydrogen-bond donors (Lipinski definition) is 1. The standard InChI is InChI=1S/C21H36N4O3/c1-6-9-20(26)24(4)16-7-14-23(3)15-8-17-25(5)21(27)28-19-12-10-18(22-2)11-13-19/h10-13,22H,6-9,14-17H2,1-5H3. The van der Waals surface area contributed by atoms with E-state index in [0.717, 1.165) is 44.6 Å². The van der Waals surface area contributed by atoms with E-state index in [-0.39, 0.29) is 12.0 Å². The molecule has 0 aliphatic carbocycles. The highest BCUT2D eigenvalue weighted by atomic mass is 16.6. The first kappa shape index (κ1) is 23.8. The van der Waals surface area contributed by atoms with Crippen LogP contribution in [0.5, 0.6) is 5.75 Å². The highest BCUT2D eigenvalue weighted by Gasteiger charge is 2.12. The number of benzene rings is 1. The summed E-state index contributed by atoms with van der Waals surface area (Å²) < 4.78 is 5.37. The summed E-state index contributed by atoms with van der Waals surface area (Å²) in [6.07, 6.45) is 2.97. The van der Waals surface area contributed by atoms with E-state index < -0.39 is 0 Å². The fraction of sp³-hybridized carbons (Fsp3) is 0.619. The molecule has 0 heterocycles. The Morgan fingerprint density at radius 2 is 1.50 bits per heavy atom. The van der Waals surface area contributed by atoms with Crippen molar-refractivity contribution in [1.82, 2.24) is 14.7 Å². The molecule has 1 N–H and O–H groups in total. The highest BCUT2D eigenvalue weighted by molar-refractivity contribution is 5.75. The molecule has 0 saturated carbocycles. The summed E-state index contributed by atoms with van der Waals surface area (Å²) in [5.41, 5.74) is 0.970. The van der Waals surface area contributed by atoms with Crippen LogP contribution in [-0.2, 0) is 4.79 Å². The first-order valence-corrected chi connectivity index (χ1v) is 10.0. The minimum Gasteiger partial charge on any atom is -0.410 e. The van der Waals surface area contributed by atoms with Crippen LogP contribution in [-0.4, -0.2) is 81.1 Å². The average Bonchev–Trinajstić information content (AvgIpc) is 2.68. The van der Waals surface area contributed by atoms with E-state index in [1.165, 1.54) is 0 Å². The average molecular weight is 393 g/mol. The molecule has 2 amide bonds. The molecule has 0 aliphatic heterocycles. The van der Waals surface area contributed by atoms with Crippen molar-refractivity contribution in [1.29, 1.82) is 0 Å². The van der Waals surface area contributed by atoms with E-state index in [1.54, 1.807) is 24.1 Å². The summed E-state index contributed by atoms with van der Waals surface area (Å²) in [5.74, 6) is 0.751. The molecule has 0 fully saturated rings. The number of nitrogens with zero attached hydrogens (tertiary/aromatic N) is 3. The van der Waals surface area contributed by atoms with Gasteiger partial charge in [-0.25, -0.2) is 4.79 Å². The topological polar surface area (TPSA) is 65.1 Å². The molecule has 0 unspecified atom stereocenters. The Balaban J connectivity index is 2.20. The van der Waals surface area contributed by atoms with Crippen LogP contribution in [0.15, 0.2) is 24.3 Å². The summed E-state index contributed by atoms with van der Waals surface area (Å²) in [6, 6.07) is 7.27. The van der Waals surface area contributed by atoms with E-state index in [2.05, 4.69) is 17.3 Å². The third-order valence-corrected chi connectivity index (χ3v) is 4.62. The molecule has 0 aromatic heterocycles. The van der Waals surface area contributed by atoms with E-state index in [9.17, 15) is 9.59 Å². The maximum atomic E-state index is 12.1. The number of rotatable bonds is 12. The van der Waals surface area contributed by atoms with Crippen LogP contribution in [0.1, 0.15) is 32.6 Å². The van der Waals surface area contributed by atoms with E-state index in [4.69, 9.17) is 4.74 Å². The number of hydrogen-bond acceptors (Lipinski definition) is 5. The van der Waals surface area contributed by atoms with Gasteiger partial charge in [0.05, 0.1) is 0 Å². The third-order valence-electron chi connectivity index (χ3n) is 4.62. The van der Waals surface area contributed by atoms with Gasteiger partial charge in [-0.3, -0.25) is 4.79 Å². The predicted octanol–water partition coefficient (Wildman–Crippen LogP) is 3.13. The predicted molar refractivity (Wildman–Crippen MR) is 114 cm³/mol. The van der Waals surface area contributed by atoms with Gasteiger partial charge in [-0.05, 0) is 63.7 Å². The molecule has 0 aliphatic rings. The largest absolute Gasteiger partial charge is 0.414 e. The smallest absolute Gasteiger partial charge is 0.410 e. The third kappa shape index (κ3) is 9.08. The second-order valence-corrected chi connectivity index (χ2v) is 7.14. The lowest BCUT2D eigenvalue weighted by molar-refractivity contribution is -0.130. The zero-order valence-corrected chi connectivity index (χ0v) is 18.0. The number of nitrogens with one attached hydrogen (secondary N) is 1. The molecule has 1 aromatic rings. The number of ether oxygens (including phenoxy) is 1. The molecule has 1 rings (SSSR count). The maximum Gasteiger partial charge on any atom is 0.414 e. The van der Waals surface area contributed by atoms with Crippen molar-refractivity contribution in [2.45, 2.75) is 32.6 Å². The van der Waals surface area contributed by atoms with Crippen LogP contribution in [0.4, 0.5) is 10.5 Å². The van der Waals surface area contributed by atoms with E-state index >= 15 is 0 Å². The SMILES string of the molecule is CCCC(=O)N(C)CCCN(C)CCCN(C)C(=O)Oc1ccc(NC)cc1. The van der Waals surface area contributed by atoms with Crippen LogP contribution < -0.4 is 10.1 Å². The van der Waals surface area contributed by atoms with Crippen molar-refractivity contribution >= 4 is 17.7 Å². The molecule has 0 atom stereocenters. The van der Waals surface area contributed by atoms with Crippen LogP contribution in [0.2, 0.25) is 0 Å². The van der Waals surface area contributed by atoms with Gasteiger partial charge in [0.1, 0.15) is 5.75 Å². The number of carbonyl (C=O) groups is 2. The molecular formula is C21H36N4O3. The second-order valence-electron chi connectivity index (χ2n) is 7.14. The van der Waals surface area contributed by atoms with Crippen molar-refractivity contribution < 1.29 is 14.3 Å². The Bertz CT molecular complexity index is 592. The lowest BCUT2D eigenvalue weighted by Gasteiger charge is -2.22. The quantitative estimate of drug-likeness (QED) is 0.592. The monoisotopic (exact) mass is 392 g/mol. The number of amides is 2. The van der Waals surface area contributed by atoms with Crippen LogP contribution in [0.25, 0.3) is 0 Å². The number of anilines is 1. The van der Waals surface area contributed by atoms with Gasteiger partial charge >= 0.3 is 6.09 Å². The van der Waals surface area contributed by atoms with Gasteiger partial charge < -0.3 is 24.8 Å². The molecule has 158 valence electrons. The first-order chi connectivity index (χ1) is 13.4. The fourth-order valence-electron chi connectivity index (χ4n) is 2.76. The van der Waals surface area contributed by atoms with Crippen LogP contribution in [0.3, 0.4) is 0 Å². The van der Waals surface area contributed by atoms with Gasteiger partial charge in [-0.1, -0.05) is 6.92 Å². The van der Waals surface area contributed by atoms with Gasteiger partial charge in [-0.15, -0.1) is 0 Å². The van der Waals surface area contributed by atoms with Crippen molar-refractivity contribution in [2.24, 2.45) is 0 Å². The minimum absolute atomic E-state index is 0.214. The molecule has 28 heavy (non-hydrogen) atoms. The molecule has 0 bridgehead atoms. The van der Waals surface area contributed by atoms with Crippen LogP contribution in [0, 0.1) is 0 Å². The molecule has 7 nitrogen and oxygen atoms in total. The Labute approximate surface area is 169 Å². The van der Waals surface area contributed by atoms with Crippen molar-refractivity contribution in [3.63, 3.8) is 0 Å². The summed E-state index contributed by atoms with van der Waals surface area (Å²) in [7, 11) is 7.52. The van der Waals surface area contributed by atoms with Crippen molar-refractivity contribution in [2.75, 3.05) is 59.7 Å². The molecule has 0 saturated heterocycles. The summed E-state index contributed by atoms with van der Waals surface area (Å²) >= 11 is 0. The minimum atomic E-state index is -0.351. The zero-order valence-electron chi connectivity index (χ0n) is 18.0. The molecule has 1 aromatic carbocycles. The van der Waals surface area contributed by atoms with Crippen molar-refractivity contribution in [3.8, 4) is 5.75 Å². The Morgan fingerprint density at radius 1 is 0.929 bits per heavy atom. The molecule has 0 radical (unpaired) electrons. The zero-order chi connectivity index (χ0) is 20.9. The van der Waals surface area contributed by atoms with Gasteiger partial charge in [0.25, 0.3) is 0 Å². The van der Waals surface area contributed by atoms with E-state index in [0.29, 0.717) is 18.7 Å². The number of carbonyl (C=O) groups excluding carboxylic acids is 2. The summed E-state index contributed by atoms with van der Waals surface area (Å²) in [6.45, 7) is 5.25. The summed E-state index contributed by atoms with van der Waals surface area (Å²) in [4.78, 5) is 29.5. The van der Waals surface area contributed by atoms with Crippen molar-refractivity contribution in [3.05, 3.63) is 24.3 Å². The fourth-order valence-corrected chi connectivity index (χ4v) is 2.76. The summed E-state index contributed by atoms with van der Waals surface area (Å²) in [5, 5.41) is 3.03. The van der Waals surface area contributed by atoms with Gasteiger partial charge in [-0.2, -0.15) is 0 Å². The van der Waals surface area contributed by atoms with Gasteiger partial charge in [0, 0.05) is 46.3 Å². The molecular weight excluding hydrogens is 356 g/mol. The molecule has 0 spiro atoms. The highest BCUT2D eigenvalue weighted by Crippen LogP contribution is 2.15. The Kier molecular flexibility index (Phi) is 11.0. The maximum absolute atomic E-state index is 12.1. The molecule has 7 heteroatoms. The lowest BCUT2D eigenvalue weighted by atomic mass is 10.3. The Hall–Kier alpha value is -2.28. The second kappa shape index (κ2) is 13.0.